The highest BCUT2D eigenvalue weighted by Gasteiger charge is 2.13. The van der Waals surface area contributed by atoms with E-state index in [2.05, 4.69) is 6.92 Å². The minimum absolute atomic E-state index is 0. The van der Waals surface area contributed by atoms with Crippen molar-refractivity contribution in [2.45, 2.75) is 56.8 Å². The SMILES string of the molecule is CCCCCCCCCOS(=O)(=O)c1ccccc1.P. The van der Waals surface area contributed by atoms with Crippen LogP contribution < -0.4 is 0 Å². The van der Waals surface area contributed by atoms with Crippen molar-refractivity contribution < 1.29 is 12.6 Å². The highest BCUT2D eigenvalue weighted by molar-refractivity contribution is 7.86. The van der Waals surface area contributed by atoms with Crippen molar-refractivity contribution in [3.63, 3.8) is 0 Å². The number of hydrogen-bond donors (Lipinski definition) is 0. The lowest BCUT2D eigenvalue weighted by Crippen LogP contribution is -2.07. The van der Waals surface area contributed by atoms with Crippen LogP contribution in [0.5, 0.6) is 0 Å². The maximum absolute atomic E-state index is 11.8. The topological polar surface area (TPSA) is 43.4 Å². The molecule has 0 saturated heterocycles. The Bertz CT molecular complexity index is 432. The smallest absolute Gasteiger partial charge is 0.266 e. The number of rotatable bonds is 10. The number of hydrogen-bond acceptors (Lipinski definition) is 3. The Morgan fingerprint density at radius 3 is 2.05 bits per heavy atom. The standard InChI is InChI=1S/C15H24O3S.H3P/c1-2-3-4-5-6-7-11-14-18-19(16,17)15-12-9-8-10-13-15;/h8-10,12-13H,2-7,11,14H2,1H3;1H3. The molecule has 1 rings (SSSR count). The highest BCUT2D eigenvalue weighted by atomic mass is 32.2. The lowest BCUT2D eigenvalue weighted by Gasteiger charge is -2.05. The zero-order valence-corrected chi connectivity index (χ0v) is 14.6. The molecule has 0 aliphatic carbocycles. The van der Waals surface area contributed by atoms with Crippen LogP contribution in [0.15, 0.2) is 35.2 Å². The molecule has 0 fully saturated rings. The predicted octanol–water partition coefficient (Wildman–Crippen LogP) is 4.20. The van der Waals surface area contributed by atoms with E-state index in [0.29, 0.717) is 0 Å². The van der Waals surface area contributed by atoms with Crippen molar-refractivity contribution in [3.05, 3.63) is 30.3 Å². The van der Waals surface area contributed by atoms with Crippen LogP contribution in [0.1, 0.15) is 51.9 Å². The van der Waals surface area contributed by atoms with Crippen molar-refractivity contribution in [3.8, 4) is 0 Å². The lowest BCUT2D eigenvalue weighted by molar-refractivity contribution is 0.306. The van der Waals surface area contributed by atoms with Gasteiger partial charge in [0.15, 0.2) is 0 Å². The third kappa shape index (κ3) is 7.98. The Kier molecular flexibility index (Phi) is 11.0. The van der Waals surface area contributed by atoms with Gasteiger partial charge in [-0.2, -0.15) is 18.3 Å². The third-order valence-corrected chi connectivity index (χ3v) is 4.34. The summed E-state index contributed by atoms with van der Waals surface area (Å²) in [6.07, 6.45) is 8.05. The molecule has 0 saturated carbocycles. The molecule has 116 valence electrons. The van der Waals surface area contributed by atoms with Gasteiger partial charge in [0, 0.05) is 0 Å². The van der Waals surface area contributed by atoms with Crippen LogP contribution in [-0.4, -0.2) is 15.0 Å². The molecule has 5 heteroatoms. The van der Waals surface area contributed by atoms with Gasteiger partial charge < -0.3 is 0 Å². The predicted molar refractivity (Wildman–Crippen MR) is 88.7 cm³/mol. The van der Waals surface area contributed by atoms with Crippen LogP contribution in [0.3, 0.4) is 0 Å². The maximum atomic E-state index is 11.8. The van der Waals surface area contributed by atoms with Gasteiger partial charge >= 0.3 is 0 Å². The molecule has 0 aromatic heterocycles. The zero-order valence-electron chi connectivity index (χ0n) is 12.4. The summed E-state index contributed by atoms with van der Waals surface area (Å²) in [5, 5.41) is 0. The van der Waals surface area contributed by atoms with E-state index in [4.69, 9.17) is 4.18 Å². The Morgan fingerprint density at radius 1 is 0.900 bits per heavy atom. The van der Waals surface area contributed by atoms with Gasteiger partial charge in [0.2, 0.25) is 0 Å². The fourth-order valence-corrected chi connectivity index (χ4v) is 2.85. The van der Waals surface area contributed by atoms with Crippen LogP contribution in [-0.2, 0) is 14.3 Å². The first-order chi connectivity index (χ1) is 9.17. The van der Waals surface area contributed by atoms with Crippen LogP contribution >= 0.6 is 9.90 Å². The van der Waals surface area contributed by atoms with Crippen LogP contribution in [0.4, 0.5) is 0 Å². The van der Waals surface area contributed by atoms with Crippen molar-refractivity contribution in [1.82, 2.24) is 0 Å². The lowest BCUT2D eigenvalue weighted by atomic mass is 10.1. The first-order valence-corrected chi connectivity index (χ1v) is 8.52. The Balaban J connectivity index is 0.00000361. The van der Waals surface area contributed by atoms with E-state index in [-0.39, 0.29) is 21.4 Å². The second kappa shape index (κ2) is 11.2. The molecule has 0 aliphatic rings. The van der Waals surface area contributed by atoms with Gasteiger partial charge in [-0.3, -0.25) is 4.18 Å². The Hall–Kier alpha value is -0.440. The van der Waals surface area contributed by atoms with Crippen LogP contribution in [0.25, 0.3) is 0 Å². The van der Waals surface area contributed by atoms with E-state index in [1.54, 1.807) is 30.3 Å². The summed E-state index contributed by atoms with van der Waals surface area (Å²) in [7, 11) is -3.56. The zero-order chi connectivity index (χ0) is 14.0. The molecule has 0 radical (unpaired) electrons. The minimum Gasteiger partial charge on any atom is -0.266 e. The van der Waals surface area contributed by atoms with Gasteiger partial charge in [0.1, 0.15) is 0 Å². The van der Waals surface area contributed by atoms with Gasteiger partial charge in [0.05, 0.1) is 11.5 Å². The maximum Gasteiger partial charge on any atom is 0.296 e. The van der Waals surface area contributed by atoms with E-state index in [0.717, 1.165) is 19.3 Å². The van der Waals surface area contributed by atoms with Gasteiger partial charge in [-0.1, -0.05) is 63.6 Å². The van der Waals surface area contributed by atoms with Gasteiger partial charge in [0.25, 0.3) is 10.1 Å². The minimum atomic E-state index is -3.56. The van der Waals surface area contributed by atoms with E-state index in [1.807, 2.05) is 0 Å². The first-order valence-electron chi connectivity index (χ1n) is 7.11. The molecule has 0 N–H and O–H groups in total. The summed E-state index contributed by atoms with van der Waals surface area (Å²) >= 11 is 0. The summed E-state index contributed by atoms with van der Waals surface area (Å²) in [6.45, 7) is 2.48. The molecule has 0 bridgehead atoms. The molecule has 0 spiro atoms. The number of benzene rings is 1. The number of unbranched alkanes of at least 4 members (excludes halogenated alkanes) is 6. The van der Waals surface area contributed by atoms with Crippen molar-refractivity contribution in [1.29, 1.82) is 0 Å². The molecule has 1 aromatic rings. The Labute approximate surface area is 126 Å². The highest BCUT2D eigenvalue weighted by Crippen LogP contribution is 2.13. The average Bonchev–Trinajstić information content (AvgIpc) is 2.43. The monoisotopic (exact) mass is 318 g/mol. The molecule has 1 unspecified atom stereocenters. The summed E-state index contributed by atoms with van der Waals surface area (Å²) in [6, 6.07) is 8.30. The second-order valence-corrected chi connectivity index (χ2v) is 6.33. The van der Waals surface area contributed by atoms with Gasteiger partial charge in [-0.15, -0.1) is 0 Å². The molecule has 1 aromatic carbocycles. The molecule has 0 amide bonds. The van der Waals surface area contributed by atoms with E-state index < -0.39 is 10.1 Å². The first kappa shape index (κ1) is 19.6. The van der Waals surface area contributed by atoms with E-state index in [9.17, 15) is 8.42 Å². The average molecular weight is 318 g/mol. The second-order valence-electron chi connectivity index (χ2n) is 4.71. The fraction of sp³-hybridized carbons (Fsp3) is 0.600. The molecular weight excluding hydrogens is 291 g/mol. The van der Waals surface area contributed by atoms with E-state index >= 15 is 0 Å². The molecule has 0 heterocycles. The van der Waals surface area contributed by atoms with Crippen molar-refractivity contribution >= 4 is 20.0 Å². The molecular formula is C15H27O3PS. The summed E-state index contributed by atoms with van der Waals surface area (Å²) in [4.78, 5) is 0.234. The van der Waals surface area contributed by atoms with Crippen molar-refractivity contribution in [2.24, 2.45) is 0 Å². The van der Waals surface area contributed by atoms with Gasteiger partial charge in [-0.05, 0) is 18.6 Å². The normalized spacial score (nSPS) is 11.1. The quantitative estimate of drug-likeness (QED) is 0.369. The molecule has 1 atom stereocenters. The molecule has 0 aliphatic heterocycles. The van der Waals surface area contributed by atoms with E-state index in [1.165, 1.54) is 25.7 Å². The van der Waals surface area contributed by atoms with Crippen LogP contribution in [0.2, 0.25) is 0 Å². The summed E-state index contributed by atoms with van der Waals surface area (Å²) in [5.41, 5.74) is 0. The summed E-state index contributed by atoms with van der Waals surface area (Å²) < 4.78 is 28.6. The van der Waals surface area contributed by atoms with Crippen molar-refractivity contribution in [2.75, 3.05) is 6.61 Å². The third-order valence-electron chi connectivity index (χ3n) is 3.02. The molecule has 20 heavy (non-hydrogen) atoms. The van der Waals surface area contributed by atoms with Crippen LogP contribution in [0, 0.1) is 0 Å². The molecule has 3 nitrogen and oxygen atoms in total. The summed E-state index contributed by atoms with van der Waals surface area (Å²) in [5.74, 6) is 0. The fourth-order valence-electron chi connectivity index (χ4n) is 1.88. The largest absolute Gasteiger partial charge is 0.296 e. The Morgan fingerprint density at radius 2 is 1.45 bits per heavy atom. The van der Waals surface area contributed by atoms with Gasteiger partial charge in [-0.25, -0.2) is 0 Å².